The maximum absolute atomic E-state index is 11.0. The first kappa shape index (κ1) is 10.9. The first-order chi connectivity index (χ1) is 7.68. The summed E-state index contributed by atoms with van der Waals surface area (Å²) in [6.07, 6.45) is 4.94. The molecule has 2 rings (SSSR count). The number of rotatable bonds is 2. The maximum atomic E-state index is 11.0. The summed E-state index contributed by atoms with van der Waals surface area (Å²) in [6.45, 7) is 3.96. The van der Waals surface area contributed by atoms with Crippen molar-refractivity contribution in [3.8, 4) is 0 Å². The standard InChI is InChI=1S/C11H15N3O2/c1-8-2-4-14(5-3-8)10-9(11(15)16)6-12-7-13-10/h6-8H,2-5H2,1H3,(H,15,16). The Morgan fingerprint density at radius 3 is 2.81 bits per heavy atom. The second-order valence-corrected chi connectivity index (χ2v) is 4.23. The molecule has 1 N–H and O–H groups in total. The van der Waals surface area contributed by atoms with E-state index in [4.69, 9.17) is 5.11 Å². The molecule has 0 aromatic carbocycles. The van der Waals surface area contributed by atoms with E-state index in [1.807, 2.05) is 4.90 Å². The largest absolute Gasteiger partial charge is 0.477 e. The Labute approximate surface area is 94.1 Å². The van der Waals surface area contributed by atoms with E-state index in [0.29, 0.717) is 11.7 Å². The minimum atomic E-state index is -0.964. The molecule has 1 fully saturated rings. The predicted octanol–water partition coefficient (Wildman–Crippen LogP) is 1.41. The molecule has 5 heteroatoms. The molecule has 16 heavy (non-hydrogen) atoms. The Morgan fingerprint density at radius 1 is 1.50 bits per heavy atom. The van der Waals surface area contributed by atoms with Gasteiger partial charge < -0.3 is 10.0 Å². The molecule has 0 spiro atoms. The molecule has 0 unspecified atom stereocenters. The summed E-state index contributed by atoms with van der Waals surface area (Å²) in [5.41, 5.74) is 0.192. The van der Waals surface area contributed by atoms with Crippen LogP contribution in [0.25, 0.3) is 0 Å². The molecule has 0 bridgehead atoms. The average molecular weight is 221 g/mol. The zero-order valence-corrected chi connectivity index (χ0v) is 9.26. The number of aromatic carboxylic acids is 1. The molecular weight excluding hydrogens is 206 g/mol. The van der Waals surface area contributed by atoms with Crippen molar-refractivity contribution in [1.29, 1.82) is 0 Å². The lowest BCUT2D eigenvalue weighted by atomic mass is 9.99. The minimum absolute atomic E-state index is 0.192. The van der Waals surface area contributed by atoms with E-state index in [2.05, 4.69) is 16.9 Å². The highest BCUT2D eigenvalue weighted by molar-refractivity contribution is 5.92. The van der Waals surface area contributed by atoms with E-state index < -0.39 is 5.97 Å². The van der Waals surface area contributed by atoms with Crippen LogP contribution in [-0.2, 0) is 0 Å². The van der Waals surface area contributed by atoms with Crippen molar-refractivity contribution < 1.29 is 9.90 Å². The average Bonchev–Trinajstić information content (AvgIpc) is 2.30. The number of hydrogen-bond acceptors (Lipinski definition) is 4. The second-order valence-electron chi connectivity index (χ2n) is 4.23. The lowest BCUT2D eigenvalue weighted by molar-refractivity contribution is 0.0696. The Balaban J connectivity index is 2.23. The van der Waals surface area contributed by atoms with Crippen LogP contribution in [0, 0.1) is 5.92 Å². The van der Waals surface area contributed by atoms with Crippen molar-refractivity contribution in [2.45, 2.75) is 19.8 Å². The van der Waals surface area contributed by atoms with Gasteiger partial charge in [-0.2, -0.15) is 0 Å². The zero-order chi connectivity index (χ0) is 11.5. The number of piperidine rings is 1. The molecule has 0 atom stereocenters. The summed E-state index contributed by atoms with van der Waals surface area (Å²) >= 11 is 0. The Bertz CT molecular complexity index is 387. The van der Waals surface area contributed by atoms with E-state index >= 15 is 0 Å². The molecule has 2 heterocycles. The monoisotopic (exact) mass is 221 g/mol. The van der Waals surface area contributed by atoms with Crippen LogP contribution in [0.5, 0.6) is 0 Å². The fourth-order valence-corrected chi connectivity index (χ4v) is 1.95. The summed E-state index contributed by atoms with van der Waals surface area (Å²) in [7, 11) is 0. The third-order valence-corrected chi connectivity index (χ3v) is 3.00. The van der Waals surface area contributed by atoms with Crippen LogP contribution < -0.4 is 4.90 Å². The number of carbonyl (C=O) groups is 1. The summed E-state index contributed by atoms with van der Waals surface area (Å²) in [5.74, 6) is 0.301. The Hall–Kier alpha value is -1.65. The molecule has 1 aromatic rings. The van der Waals surface area contributed by atoms with E-state index in [1.165, 1.54) is 12.5 Å². The van der Waals surface area contributed by atoms with E-state index in [0.717, 1.165) is 25.9 Å². The maximum Gasteiger partial charge on any atom is 0.341 e. The van der Waals surface area contributed by atoms with Gasteiger partial charge in [0.05, 0.1) is 0 Å². The highest BCUT2D eigenvalue weighted by Crippen LogP contribution is 2.23. The Kier molecular flexibility index (Phi) is 3.03. The first-order valence-electron chi connectivity index (χ1n) is 5.46. The highest BCUT2D eigenvalue weighted by Gasteiger charge is 2.21. The molecular formula is C11H15N3O2. The van der Waals surface area contributed by atoms with Gasteiger partial charge in [-0.1, -0.05) is 6.92 Å². The molecule has 0 amide bonds. The van der Waals surface area contributed by atoms with Gasteiger partial charge in [0.15, 0.2) is 0 Å². The summed E-state index contributed by atoms with van der Waals surface area (Å²) in [5, 5.41) is 9.04. The Morgan fingerprint density at radius 2 is 2.19 bits per heavy atom. The number of carboxylic acid groups (broad SMARTS) is 1. The first-order valence-corrected chi connectivity index (χ1v) is 5.46. The predicted molar refractivity (Wildman–Crippen MR) is 59.6 cm³/mol. The SMILES string of the molecule is CC1CCN(c2ncncc2C(=O)O)CC1. The molecule has 5 nitrogen and oxygen atoms in total. The number of carboxylic acids is 1. The van der Waals surface area contributed by atoms with E-state index in [-0.39, 0.29) is 5.56 Å². The highest BCUT2D eigenvalue weighted by atomic mass is 16.4. The fourth-order valence-electron chi connectivity index (χ4n) is 1.95. The molecule has 0 radical (unpaired) electrons. The lowest BCUT2D eigenvalue weighted by Gasteiger charge is -2.31. The van der Waals surface area contributed by atoms with Crippen LogP contribution in [0.3, 0.4) is 0 Å². The minimum Gasteiger partial charge on any atom is -0.477 e. The van der Waals surface area contributed by atoms with Crippen molar-refractivity contribution in [3.05, 3.63) is 18.1 Å². The van der Waals surface area contributed by atoms with Gasteiger partial charge in [-0.25, -0.2) is 14.8 Å². The van der Waals surface area contributed by atoms with Crippen molar-refractivity contribution in [2.24, 2.45) is 5.92 Å². The molecule has 1 saturated heterocycles. The third kappa shape index (κ3) is 2.13. The normalized spacial score (nSPS) is 17.4. The van der Waals surface area contributed by atoms with Crippen LogP contribution in [0.1, 0.15) is 30.1 Å². The van der Waals surface area contributed by atoms with Crippen LogP contribution in [0.15, 0.2) is 12.5 Å². The van der Waals surface area contributed by atoms with Crippen molar-refractivity contribution in [3.63, 3.8) is 0 Å². The lowest BCUT2D eigenvalue weighted by Crippen LogP contribution is -2.34. The molecule has 0 aliphatic carbocycles. The van der Waals surface area contributed by atoms with E-state index in [1.54, 1.807) is 0 Å². The van der Waals surface area contributed by atoms with Crippen molar-refractivity contribution in [2.75, 3.05) is 18.0 Å². The van der Waals surface area contributed by atoms with Crippen LogP contribution in [-0.4, -0.2) is 34.1 Å². The molecule has 1 aromatic heterocycles. The number of hydrogen-bond donors (Lipinski definition) is 1. The van der Waals surface area contributed by atoms with Crippen LogP contribution in [0.2, 0.25) is 0 Å². The van der Waals surface area contributed by atoms with Gasteiger partial charge in [0.25, 0.3) is 0 Å². The van der Waals surface area contributed by atoms with Gasteiger partial charge in [0.1, 0.15) is 17.7 Å². The van der Waals surface area contributed by atoms with Gasteiger partial charge in [0.2, 0.25) is 0 Å². The fraction of sp³-hybridized carbons (Fsp3) is 0.545. The van der Waals surface area contributed by atoms with E-state index in [9.17, 15) is 4.79 Å². The third-order valence-electron chi connectivity index (χ3n) is 3.00. The number of anilines is 1. The van der Waals surface area contributed by atoms with Crippen molar-refractivity contribution >= 4 is 11.8 Å². The van der Waals surface area contributed by atoms with Crippen molar-refractivity contribution in [1.82, 2.24) is 9.97 Å². The summed E-state index contributed by atoms with van der Waals surface area (Å²) < 4.78 is 0. The summed E-state index contributed by atoms with van der Waals surface area (Å²) in [4.78, 5) is 20.9. The zero-order valence-electron chi connectivity index (χ0n) is 9.26. The summed E-state index contributed by atoms with van der Waals surface area (Å²) in [6, 6.07) is 0. The van der Waals surface area contributed by atoms with Crippen LogP contribution in [0.4, 0.5) is 5.82 Å². The van der Waals surface area contributed by atoms with Gasteiger partial charge >= 0.3 is 5.97 Å². The van der Waals surface area contributed by atoms with Gasteiger partial charge in [-0.15, -0.1) is 0 Å². The molecule has 1 aliphatic rings. The molecule has 86 valence electrons. The topological polar surface area (TPSA) is 66.3 Å². The molecule has 0 saturated carbocycles. The van der Waals surface area contributed by atoms with Crippen LogP contribution >= 0.6 is 0 Å². The smallest absolute Gasteiger partial charge is 0.341 e. The molecule has 1 aliphatic heterocycles. The number of aromatic nitrogens is 2. The van der Waals surface area contributed by atoms with Gasteiger partial charge in [-0.05, 0) is 18.8 Å². The number of nitrogens with zero attached hydrogens (tertiary/aromatic N) is 3. The quantitative estimate of drug-likeness (QED) is 0.817. The van der Waals surface area contributed by atoms with Gasteiger partial charge in [-0.3, -0.25) is 0 Å². The van der Waals surface area contributed by atoms with Gasteiger partial charge in [0, 0.05) is 19.3 Å². The second kappa shape index (κ2) is 4.47.